The number of ether oxygens (including phenoxy) is 1. The number of para-hydroxylation sites is 1. The number of halogens is 7. The molecule has 4 rings (SSSR count). The first-order valence-corrected chi connectivity index (χ1v) is 12.7. The molecule has 0 fully saturated rings. The van der Waals surface area contributed by atoms with Gasteiger partial charge in [-0.15, -0.1) is 0 Å². The molecule has 0 saturated carbocycles. The van der Waals surface area contributed by atoms with Gasteiger partial charge in [0.25, 0.3) is 15.6 Å². The zero-order valence-electron chi connectivity index (χ0n) is 20.0. The topological polar surface area (TPSA) is 75.6 Å². The predicted molar refractivity (Wildman–Crippen MR) is 132 cm³/mol. The number of nitrogens with one attached hydrogen (secondary N) is 1. The van der Waals surface area contributed by atoms with E-state index in [-0.39, 0.29) is 27.8 Å². The van der Waals surface area contributed by atoms with E-state index in [0.717, 1.165) is 0 Å². The van der Waals surface area contributed by atoms with Gasteiger partial charge in [-0.2, -0.15) is 26.3 Å². The zero-order valence-corrected chi connectivity index (χ0v) is 20.8. The first-order chi connectivity index (χ1) is 18.6. The van der Waals surface area contributed by atoms with Crippen molar-refractivity contribution in [3.8, 4) is 22.6 Å². The van der Waals surface area contributed by atoms with Gasteiger partial charge >= 0.3 is 12.4 Å². The monoisotopic (exact) mass is 585 g/mol. The number of hydrogen-bond donors (Lipinski definition) is 2. The second-order valence-electron chi connectivity index (χ2n) is 8.47. The second-order valence-corrected chi connectivity index (χ2v) is 10.2. The van der Waals surface area contributed by atoms with Crippen LogP contribution in [0, 0.1) is 5.82 Å². The van der Waals surface area contributed by atoms with Crippen LogP contribution in [0.5, 0.6) is 11.5 Å². The summed E-state index contributed by atoms with van der Waals surface area (Å²) in [5, 5.41) is 9.47. The van der Waals surface area contributed by atoms with Gasteiger partial charge in [0.15, 0.2) is 0 Å². The molecule has 0 unspecified atom stereocenters. The molecule has 40 heavy (non-hydrogen) atoms. The molecule has 0 aliphatic rings. The largest absolute Gasteiger partial charge is 0.457 e. The number of rotatable bonds is 7. The summed E-state index contributed by atoms with van der Waals surface area (Å²) in [5.41, 5.74) is -7.31. The lowest BCUT2D eigenvalue weighted by Crippen LogP contribution is -2.53. The lowest BCUT2D eigenvalue weighted by atomic mass is 9.90. The summed E-state index contributed by atoms with van der Waals surface area (Å²) >= 11 is 0. The molecule has 13 heteroatoms. The molecule has 0 heterocycles. The van der Waals surface area contributed by atoms with Crippen molar-refractivity contribution < 1.29 is 49.0 Å². The third-order valence-electron chi connectivity index (χ3n) is 5.77. The summed E-state index contributed by atoms with van der Waals surface area (Å²) in [6, 6.07) is 20.2. The van der Waals surface area contributed by atoms with Crippen LogP contribution in [0.1, 0.15) is 5.56 Å². The van der Waals surface area contributed by atoms with Crippen LogP contribution in [-0.4, -0.2) is 25.9 Å². The highest BCUT2D eigenvalue weighted by molar-refractivity contribution is 7.92. The Morgan fingerprint density at radius 1 is 0.700 bits per heavy atom. The number of benzene rings is 4. The third kappa shape index (κ3) is 5.75. The molecule has 0 aliphatic heterocycles. The Morgan fingerprint density at radius 3 is 1.77 bits per heavy atom. The van der Waals surface area contributed by atoms with Gasteiger partial charge in [0.05, 0.1) is 4.90 Å². The Hall–Kier alpha value is -4.10. The van der Waals surface area contributed by atoms with E-state index in [4.69, 9.17) is 4.74 Å². The average molecular weight is 585 g/mol. The van der Waals surface area contributed by atoms with Gasteiger partial charge in [-0.1, -0.05) is 42.5 Å². The van der Waals surface area contributed by atoms with Gasteiger partial charge < -0.3 is 9.84 Å². The van der Waals surface area contributed by atoms with E-state index in [1.54, 1.807) is 24.3 Å². The maximum Gasteiger partial charge on any atom is 0.430 e. The standard InChI is InChI=1S/C27H18F7NO4S/c28-24-16-18(25(36,26(29,30)31)27(32,33)34)8-15-23(24)17-6-9-19(10-7-17)35-40(37,38)22-13-11-21(12-14-22)39-20-4-2-1-3-5-20/h1-16,35-36H. The molecule has 0 amide bonds. The molecular formula is C27H18F7NO4S. The number of anilines is 1. The van der Waals surface area contributed by atoms with E-state index in [0.29, 0.717) is 23.6 Å². The van der Waals surface area contributed by atoms with E-state index in [2.05, 4.69) is 4.72 Å². The third-order valence-corrected chi connectivity index (χ3v) is 7.17. The van der Waals surface area contributed by atoms with Gasteiger partial charge in [-0.25, -0.2) is 12.8 Å². The molecule has 4 aromatic rings. The van der Waals surface area contributed by atoms with E-state index in [1.807, 2.05) is 6.07 Å². The number of alkyl halides is 6. The van der Waals surface area contributed by atoms with Crippen LogP contribution in [0.25, 0.3) is 11.1 Å². The lowest BCUT2D eigenvalue weighted by Gasteiger charge is -2.32. The molecule has 210 valence electrons. The average Bonchev–Trinajstić information content (AvgIpc) is 2.88. The van der Waals surface area contributed by atoms with E-state index in [9.17, 15) is 44.3 Å². The Kier molecular flexibility index (Phi) is 7.56. The van der Waals surface area contributed by atoms with Crippen LogP contribution >= 0.6 is 0 Å². The lowest BCUT2D eigenvalue weighted by molar-refractivity contribution is -0.376. The Labute approximate surface area is 223 Å². The van der Waals surface area contributed by atoms with Gasteiger partial charge in [0.2, 0.25) is 0 Å². The fourth-order valence-corrected chi connectivity index (χ4v) is 4.76. The molecule has 0 bridgehead atoms. The summed E-state index contributed by atoms with van der Waals surface area (Å²) in [6.07, 6.45) is -12.3. The Bertz CT molecular complexity index is 1570. The molecule has 0 saturated heterocycles. The minimum atomic E-state index is -6.16. The summed E-state index contributed by atoms with van der Waals surface area (Å²) in [5.74, 6) is -0.513. The second kappa shape index (κ2) is 10.5. The van der Waals surface area contributed by atoms with Crippen molar-refractivity contribution in [2.45, 2.75) is 22.8 Å². The molecule has 0 atom stereocenters. The minimum Gasteiger partial charge on any atom is -0.457 e. The molecule has 0 radical (unpaired) electrons. The summed E-state index contributed by atoms with van der Waals surface area (Å²) in [7, 11) is -4.06. The normalized spacial score (nSPS) is 12.7. The molecular weight excluding hydrogens is 567 g/mol. The predicted octanol–water partition coefficient (Wildman–Crippen LogP) is 7.40. The molecule has 5 nitrogen and oxygen atoms in total. The van der Waals surface area contributed by atoms with Gasteiger partial charge in [0.1, 0.15) is 17.3 Å². The number of sulfonamides is 1. The molecule has 0 aromatic heterocycles. The van der Waals surface area contributed by atoms with E-state index >= 15 is 0 Å². The van der Waals surface area contributed by atoms with Crippen LogP contribution in [-0.2, 0) is 15.6 Å². The Balaban J connectivity index is 1.51. The zero-order chi connectivity index (χ0) is 29.3. The van der Waals surface area contributed by atoms with Crippen LogP contribution in [0.3, 0.4) is 0 Å². The Morgan fingerprint density at radius 2 is 1.25 bits per heavy atom. The number of hydrogen-bond acceptors (Lipinski definition) is 4. The van der Waals surface area contributed by atoms with Crippen molar-refractivity contribution in [3.63, 3.8) is 0 Å². The molecule has 2 N–H and O–H groups in total. The van der Waals surface area contributed by atoms with Crippen molar-refractivity contribution in [2.75, 3.05) is 4.72 Å². The van der Waals surface area contributed by atoms with Crippen molar-refractivity contribution in [3.05, 3.63) is 108 Å². The van der Waals surface area contributed by atoms with Crippen molar-refractivity contribution in [1.29, 1.82) is 0 Å². The van der Waals surface area contributed by atoms with Crippen LogP contribution in [0.4, 0.5) is 36.4 Å². The summed E-state index contributed by atoms with van der Waals surface area (Å²) in [4.78, 5) is -0.0968. The minimum absolute atomic E-state index is 0.0250. The van der Waals surface area contributed by atoms with Crippen LogP contribution < -0.4 is 9.46 Å². The number of aliphatic hydroxyl groups is 1. The van der Waals surface area contributed by atoms with Gasteiger partial charge in [-0.3, -0.25) is 4.72 Å². The quantitative estimate of drug-likeness (QED) is 0.222. The fraction of sp³-hybridized carbons (Fsp3) is 0.111. The summed E-state index contributed by atoms with van der Waals surface area (Å²) < 4.78 is 127. The summed E-state index contributed by atoms with van der Waals surface area (Å²) in [6.45, 7) is 0. The van der Waals surface area contributed by atoms with E-state index in [1.165, 1.54) is 48.5 Å². The highest BCUT2D eigenvalue weighted by Gasteiger charge is 2.71. The maximum absolute atomic E-state index is 14.6. The van der Waals surface area contributed by atoms with Gasteiger partial charge in [0, 0.05) is 16.8 Å². The molecule has 0 spiro atoms. The SMILES string of the molecule is O=S(=O)(Nc1ccc(-c2ccc(C(O)(C(F)(F)F)C(F)(F)F)cc2F)cc1)c1ccc(Oc2ccccc2)cc1. The molecule has 0 aliphatic carbocycles. The highest BCUT2D eigenvalue weighted by atomic mass is 32.2. The van der Waals surface area contributed by atoms with Gasteiger partial charge in [-0.05, 0) is 60.2 Å². The van der Waals surface area contributed by atoms with E-state index < -0.39 is 39.4 Å². The smallest absolute Gasteiger partial charge is 0.430 e. The molecule has 4 aromatic carbocycles. The first kappa shape index (κ1) is 28.9. The van der Waals surface area contributed by atoms with Crippen LogP contribution in [0.2, 0.25) is 0 Å². The van der Waals surface area contributed by atoms with Crippen molar-refractivity contribution in [1.82, 2.24) is 0 Å². The first-order valence-electron chi connectivity index (χ1n) is 11.2. The highest BCUT2D eigenvalue weighted by Crippen LogP contribution is 2.50. The van der Waals surface area contributed by atoms with Crippen molar-refractivity contribution in [2.24, 2.45) is 0 Å². The van der Waals surface area contributed by atoms with Crippen LogP contribution in [0.15, 0.2) is 102 Å². The maximum atomic E-state index is 14.6. The fourth-order valence-electron chi connectivity index (χ4n) is 3.71. The van der Waals surface area contributed by atoms with Crippen molar-refractivity contribution >= 4 is 15.7 Å².